The Morgan fingerprint density at radius 2 is 1.59 bits per heavy atom. The molecule has 200 valence electrons. The van der Waals surface area contributed by atoms with E-state index in [2.05, 4.69) is 10.6 Å². The number of nitrogens with one attached hydrogen (secondary N) is 2. The fourth-order valence-corrected chi connectivity index (χ4v) is 3.99. The summed E-state index contributed by atoms with van der Waals surface area (Å²) in [6.45, 7) is 4.03. The second kappa shape index (κ2) is 11.8. The van der Waals surface area contributed by atoms with Gasteiger partial charge in [-0.25, -0.2) is 9.69 Å². The summed E-state index contributed by atoms with van der Waals surface area (Å²) in [5.74, 6) is -1.55. The van der Waals surface area contributed by atoms with E-state index >= 15 is 0 Å². The summed E-state index contributed by atoms with van der Waals surface area (Å²) in [6.07, 6.45) is 0.724. The standard InChI is InChI=1S/C29H26ClN3O6/c1-4-15-39-29(37)18-7-9-20(10-8-18)31-26(34)19-6-5-17(2)23(16-19)32-25-24(30)27(35)33(28(25)36)21-11-13-22(38-3)14-12-21/h5-14,16,32H,4,15H2,1-3H3,(H,31,34). The van der Waals surface area contributed by atoms with Crippen LogP contribution in [0.15, 0.2) is 77.5 Å². The first-order valence-electron chi connectivity index (χ1n) is 12.1. The van der Waals surface area contributed by atoms with Gasteiger partial charge >= 0.3 is 5.97 Å². The normalized spacial score (nSPS) is 13.0. The number of aryl methyl sites for hydroxylation is 1. The van der Waals surface area contributed by atoms with Crippen molar-refractivity contribution in [3.8, 4) is 5.75 Å². The molecule has 0 unspecified atom stereocenters. The van der Waals surface area contributed by atoms with Crippen molar-refractivity contribution in [2.75, 3.05) is 29.3 Å². The fraction of sp³-hybridized carbons (Fsp3) is 0.172. The number of nitrogens with zero attached hydrogens (tertiary/aromatic N) is 1. The van der Waals surface area contributed by atoms with Crippen LogP contribution < -0.4 is 20.3 Å². The largest absolute Gasteiger partial charge is 0.497 e. The molecule has 0 saturated heterocycles. The van der Waals surface area contributed by atoms with E-state index in [9.17, 15) is 19.2 Å². The quantitative estimate of drug-likeness (QED) is 0.277. The number of carbonyl (C=O) groups is 4. The van der Waals surface area contributed by atoms with Crippen LogP contribution in [0.3, 0.4) is 0 Å². The highest BCUT2D eigenvalue weighted by Crippen LogP contribution is 2.32. The number of carbonyl (C=O) groups excluding carboxylic acids is 4. The van der Waals surface area contributed by atoms with Crippen molar-refractivity contribution in [2.24, 2.45) is 0 Å². The number of ether oxygens (including phenoxy) is 2. The lowest BCUT2D eigenvalue weighted by Gasteiger charge is -2.16. The molecule has 0 atom stereocenters. The van der Waals surface area contributed by atoms with Crippen molar-refractivity contribution < 1.29 is 28.7 Å². The monoisotopic (exact) mass is 547 g/mol. The van der Waals surface area contributed by atoms with Crippen molar-refractivity contribution in [1.29, 1.82) is 0 Å². The predicted molar refractivity (Wildman–Crippen MR) is 148 cm³/mol. The minimum Gasteiger partial charge on any atom is -0.497 e. The third-order valence-electron chi connectivity index (χ3n) is 5.93. The Balaban J connectivity index is 1.49. The second-order valence-corrected chi connectivity index (χ2v) is 9.03. The third kappa shape index (κ3) is 5.94. The van der Waals surface area contributed by atoms with Gasteiger partial charge in [0.05, 0.1) is 25.0 Å². The van der Waals surface area contributed by atoms with Crippen LogP contribution >= 0.6 is 11.6 Å². The van der Waals surface area contributed by atoms with E-state index in [0.717, 1.165) is 16.9 Å². The lowest BCUT2D eigenvalue weighted by molar-refractivity contribution is -0.120. The highest BCUT2D eigenvalue weighted by atomic mass is 35.5. The second-order valence-electron chi connectivity index (χ2n) is 8.65. The van der Waals surface area contributed by atoms with E-state index in [0.29, 0.717) is 40.5 Å². The molecule has 3 aromatic rings. The van der Waals surface area contributed by atoms with Crippen LogP contribution in [-0.4, -0.2) is 37.4 Å². The Morgan fingerprint density at radius 3 is 2.23 bits per heavy atom. The molecule has 39 heavy (non-hydrogen) atoms. The maximum Gasteiger partial charge on any atom is 0.338 e. The Morgan fingerprint density at radius 1 is 0.923 bits per heavy atom. The molecule has 4 rings (SSSR count). The van der Waals surface area contributed by atoms with Crippen LogP contribution in [-0.2, 0) is 14.3 Å². The Hall–Kier alpha value is -4.63. The molecule has 0 fully saturated rings. The molecule has 9 nitrogen and oxygen atoms in total. The molecule has 1 aliphatic heterocycles. The SMILES string of the molecule is CCCOC(=O)c1ccc(NC(=O)c2ccc(C)c(NC3=C(Cl)C(=O)N(c4ccc(OC)cc4)C3=O)c2)cc1. The molecule has 0 aliphatic carbocycles. The van der Waals surface area contributed by atoms with Crippen LogP contribution in [0, 0.1) is 6.92 Å². The molecule has 0 radical (unpaired) electrons. The van der Waals surface area contributed by atoms with E-state index in [-0.39, 0.29) is 10.7 Å². The van der Waals surface area contributed by atoms with Gasteiger partial charge in [-0.05, 0) is 79.6 Å². The molecule has 0 saturated carbocycles. The smallest absolute Gasteiger partial charge is 0.338 e. The predicted octanol–water partition coefficient (Wildman–Crippen LogP) is 5.26. The van der Waals surface area contributed by atoms with Crippen LogP contribution in [0.2, 0.25) is 0 Å². The van der Waals surface area contributed by atoms with Crippen LogP contribution in [0.25, 0.3) is 0 Å². The topological polar surface area (TPSA) is 114 Å². The summed E-state index contributed by atoms with van der Waals surface area (Å²) >= 11 is 6.27. The van der Waals surface area contributed by atoms with Gasteiger partial charge in [-0.15, -0.1) is 0 Å². The maximum absolute atomic E-state index is 13.1. The first-order chi connectivity index (χ1) is 18.7. The summed E-state index contributed by atoms with van der Waals surface area (Å²) in [6, 6.07) is 17.7. The van der Waals surface area contributed by atoms with Gasteiger partial charge in [-0.2, -0.15) is 0 Å². The van der Waals surface area contributed by atoms with Gasteiger partial charge in [0.25, 0.3) is 17.7 Å². The molecule has 10 heteroatoms. The highest BCUT2D eigenvalue weighted by molar-refractivity contribution is 6.53. The van der Waals surface area contributed by atoms with Crippen molar-refractivity contribution in [3.63, 3.8) is 0 Å². The van der Waals surface area contributed by atoms with Crippen molar-refractivity contribution in [1.82, 2.24) is 0 Å². The van der Waals surface area contributed by atoms with Crippen LogP contribution in [0.4, 0.5) is 17.1 Å². The lowest BCUT2D eigenvalue weighted by Crippen LogP contribution is -2.32. The van der Waals surface area contributed by atoms with Gasteiger partial charge in [0, 0.05) is 16.9 Å². The molecule has 2 N–H and O–H groups in total. The number of imide groups is 1. The molecule has 0 aromatic heterocycles. The molecule has 1 aliphatic rings. The molecule has 0 bridgehead atoms. The molecular weight excluding hydrogens is 522 g/mol. The molecular formula is C29H26ClN3O6. The van der Waals surface area contributed by atoms with Gasteiger partial charge in [-0.3, -0.25) is 14.4 Å². The number of hydrogen-bond donors (Lipinski definition) is 2. The van der Waals surface area contributed by atoms with Crippen molar-refractivity contribution in [2.45, 2.75) is 20.3 Å². The molecule has 1 heterocycles. The Kier molecular flexibility index (Phi) is 8.31. The minimum atomic E-state index is -0.664. The summed E-state index contributed by atoms with van der Waals surface area (Å²) in [4.78, 5) is 51.8. The average Bonchev–Trinajstić information content (AvgIpc) is 3.16. The number of benzene rings is 3. The third-order valence-corrected chi connectivity index (χ3v) is 6.28. The van der Waals surface area contributed by atoms with Crippen molar-refractivity contribution in [3.05, 3.63) is 94.1 Å². The van der Waals surface area contributed by atoms with Crippen molar-refractivity contribution >= 4 is 52.4 Å². The number of rotatable bonds is 9. The van der Waals surface area contributed by atoms with E-state index < -0.39 is 23.7 Å². The van der Waals surface area contributed by atoms with Crippen LogP contribution in [0.1, 0.15) is 39.6 Å². The van der Waals surface area contributed by atoms with Gasteiger partial charge in [0.2, 0.25) is 0 Å². The van der Waals surface area contributed by atoms with Gasteiger partial charge in [-0.1, -0.05) is 24.6 Å². The van der Waals surface area contributed by atoms with Crippen LogP contribution in [0.5, 0.6) is 5.75 Å². The molecule has 3 aromatic carbocycles. The number of anilines is 3. The van der Waals surface area contributed by atoms with E-state index in [4.69, 9.17) is 21.1 Å². The summed E-state index contributed by atoms with van der Waals surface area (Å²) in [5, 5.41) is 5.45. The first kappa shape index (κ1) is 27.4. The molecule has 0 spiro atoms. The van der Waals surface area contributed by atoms with Gasteiger partial charge < -0.3 is 20.1 Å². The highest BCUT2D eigenvalue weighted by Gasteiger charge is 2.39. The zero-order chi connectivity index (χ0) is 28.1. The average molecular weight is 548 g/mol. The molecule has 3 amide bonds. The maximum atomic E-state index is 13.1. The fourth-order valence-electron chi connectivity index (χ4n) is 3.78. The number of methoxy groups -OCH3 is 1. The summed E-state index contributed by atoms with van der Waals surface area (Å²) < 4.78 is 10.2. The van der Waals surface area contributed by atoms with Gasteiger partial charge in [0.15, 0.2) is 0 Å². The summed E-state index contributed by atoms with van der Waals surface area (Å²) in [5.41, 5.74) is 2.57. The zero-order valence-corrected chi connectivity index (χ0v) is 22.3. The number of halogens is 1. The zero-order valence-electron chi connectivity index (χ0n) is 21.5. The lowest BCUT2D eigenvalue weighted by atomic mass is 10.1. The number of esters is 1. The Labute approximate surface area is 230 Å². The van der Waals surface area contributed by atoms with Gasteiger partial charge in [0.1, 0.15) is 16.5 Å². The van der Waals surface area contributed by atoms with E-state index in [1.807, 2.05) is 6.92 Å². The number of amides is 3. The minimum absolute atomic E-state index is 0.0938. The van der Waals surface area contributed by atoms with E-state index in [1.165, 1.54) is 7.11 Å². The Bertz CT molecular complexity index is 1470. The first-order valence-corrected chi connectivity index (χ1v) is 12.5. The summed E-state index contributed by atoms with van der Waals surface area (Å²) in [7, 11) is 1.51. The number of hydrogen-bond acceptors (Lipinski definition) is 7. The van der Waals surface area contributed by atoms with E-state index in [1.54, 1.807) is 73.7 Å².